The molecule has 0 bridgehead atoms. The van der Waals surface area contributed by atoms with Crippen LogP contribution >= 0.6 is 0 Å². The summed E-state index contributed by atoms with van der Waals surface area (Å²) in [5.74, 6) is 0.712. The van der Waals surface area contributed by atoms with Gasteiger partial charge in [-0.1, -0.05) is 123 Å². The van der Waals surface area contributed by atoms with Gasteiger partial charge in [-0.25, -0.2) is 9.97 Å². The Morgan fingerprint density at radius 3 is 2.17 bits per heavy atom. The van der Waals surface area contributed by atoms with Crippen molar-refractivity contribution < 1.29 is 4.42 Å². The number of fused-ring (bicyclic) bond motifs is 11. The van der Waals surface area contributed by atoms with Gasteiger partial charge in [0.1, 0.15) is 5.58 Å². The van der Waals surface area contributed by atoms with E-state index >= 15 is 0 Å². The molecule has 0 fully saturated rings. The van der Waals surface area contributed by atoms with E-state index in [0.29, 0.717) is 5.82 Å². The topological polar surface area (TPSA) is 48.8 Å². The van der Waals surface area contributed by atoms with Crippen molar-refractivity contribution in [2.24, 2.45) is 0 Å². The van der Waals surface area contributed by atoms with Gasteiger partial charge in [0.25, 0.3) is 0 Å². The lowest BCUT2D eigenvalue weighted by molar-refractivity contribution is 0.613. The van der Waals surface area contributed by atoms with Crippen molar-refractivity contribution in [3.63, 3.8) is 0 Å². The summed E-state index contributed by atoms with van der Waals surface area (Å²) in [6.07, 6.45) is 0. The molecule has 0 atom stereocenters. The minimum Gasteiger partial charge on any atom is -0.439 e. The van der Waals surface area contributed by atoms with Gasteiger partial charge in [-0.3, -0.25) is 4.57 Å². The smallest absolute Gasteiger partial charge is 0.213 e. The highest BCUT2D eigenvalue weighted by Gasteiger charge is 2.39. The summed E-state index contributed by atoms with van der Waals surface area (Å²) in [5, 5.41) is 6.94. The van der Waals surface area contributed by atoms with Crippen LogP contribution < -0.4 is 0 Å². The summed E-state index contributed by atoms with van der Waals surface area (Å²) in [4.78, 5) is 10.8. The van der Waals surface area contributed by atoms with Crippen LogP contribution in [0, 0.1) is 0 Å². The maximum absolute atomic E-state index is 6.68. The van der Waals surface area contributed by atoms with Crippen LogP contribution in [0.25, 0.3) is 99.7 Å². The Labute approximate surface area is 310 Å². The van der Waals surface area contributed by atoms with Crippen LogP contribution in [0.5, 0.6) is 0 Å². The van der Waals surface area contributed by atoms with Crippen LogP contribution in [0.4, 0.5) is 0 Å². The molecule has 54 heavy (non-hydrogen) atoms. The van der Waals surface area contributed by atoms with E-state index in [1.807, 2.05) is 6.07 Å². The zero-order valence-electron chi connectivity index (χ0n) is 29.7. The zero-order chi connectivity index (χ0) is 35.7. The van der Waals surface area contributed by atoms with Crippen molar-refractivity contribution >= 4 is 65.7 Å². The van der Waals surface area contributed by atoms with Crippen molar-refractivity contribution in [1.82, 2.24) is 19.1 Å². The van der Waals surface area contributed by atoms with E-state index in [9.17, 15) is 0 Å². The molecular formula is C49H32N4O. The number of hydrogen-bond donors (Lipinski definition) is 0. The highest BCUT2D eigenvalue weighted by molar-refractivity contribution is 6.21. The lowest BCUT2D eigenvalue weighted by atomic mass is 9.72. The summed E-state index contributed by atoms with van der Waals surface area (Å²) >= 11 is 0. The largest absolute Gasteiger partial charge is 0.439 e. The van der Waals surface area contributed by atoms with Crippen LogP contribution in [0.2, 0.25) is 0 Å². The van der Waals surface area contributed by atoms with Gasteiger partial charge in [-0.05, 0) is 59.7 Å². The Morgan fingerprint density at radius 1 is 0.556 bits per heavy atom. The number of para-hydroxylation sites is 5. The van der Waals surface area contributed by atoms with Crippen molar-refractivity contribution in [3.8, 4) is 34.0 Å². The van der Waals surface area contributed by atoms with Gasteiger partial charge < -0.3 is 8.98 Å². The second-order valence-electron chi connectivity index (χ2n) is 15.0. The average Bonchev–Trinajstić information content (AvgIpc) is 3.87. The minimum absolute atomic E-state index is 0.347. The molecule has 0 spiro atoms. The van der Waals surface area contributed by atoms with Crippen LogP contribution in [0.1, 0.15) is 25.0 Å². The first-order valence-corrected chi connectivity index (χ1v) is 18.5. The summed E-state index contributed by atoms with van der Waals surface area (Å²) in [7, 11) is 0. The Bertz CT molecular complexity index is 3360. The SMILES string of the molecule is CC1(C)c2c(-c3nc(-c4ccc5c(c4)c4ccccc4n5-c4ccccc4)c4ccccc4n3)cccc2-n2c3oc4ccccc4c3c3cccc1c32. The fourth-order valence-electron chi connectivity index (χ4n) is 9.37. The Balaban J connectivity index is 1.12. The van der Waals surface area contributed by atoms with Crippen LogP contribution in [-0.4, -0.2) is 19.1 Å². The standard InChI is InChI=1S/C49H32N4O/c1-49(2)37-21-12-19-34-43-33-18-8-11-25-42(33)54-48(43)53(46(34)37)41-24-13-20-35(44(41)49)47-50-38-22-9-6-17-32(38)45(51-47)29-26-27-40-36(28-29)31-16-7-10-23-39(31)52(40)30-14-4-3-5-15-30/h3-28H,1-2H3. The Hall–Kier alpha value is -6.98. The molecule has 11 aromatic rings. The molecule has 5 heterocycles. The predicted molar refractivity (Wildman–Crippen MR) is 221 cm³/mol. The molecule has 4 aromatic heterocycles. The highest BCUT2D eigenvalue weighted by Crippen LogP contribution is 2.51. The van der Waals surface area contributed by atoms with E-state index in [0.717, 1.165) is 66.7 Å². The third-order valence-corrected chi connectivity index (χ3v) is 11.7. The summed E-state index contributed by atoms with van der Waals surface area (Å²) < 4.78 is 11.4. The molecule has 0 saturated heterocycles. The molecule has 5 nitrogen and oxygen atoms in total. The number of aromatic nitrogens is 4. The fraction of sp³-hybridized carbons (Fsp3) is 0.0612. The van der Waals surface area contributed by atoms with Crippen molar-refractivity contribution in [2.45, 2.75) is 19.3 Å². The van der Waals surface area contributed by atoms with Crippen molar-refractivity contribution in [3.05, 3.63) is 169 Å². The summed E-state index contributed by atoms with van der Waals surface area (Å²) in [6.45, 7) is 4.66. The number of hydrogen-bond acceptors (Lipinski definition) is 3. The fourth-order valence-corrected chi connectivity index (χ4v) is 9.37. The van der Waals surface area contributed by atoms with E-state index in [4.69, 9.17) is 14.4 Å². The van der Waals surface area contributed by atoms with Crippen LogP contribution in [0.15, 0.2) is 162 Å². The maximum atomic E-state index is 6.68. The summed E-state index contributed by atoms with van der Waals surface area (Å²) in [6, 6.07) is 56.0. The van der Waals surface area contributed by atoms with Crippen molar-refractivity contribution in [1.29, 1.82) is 0 Å². The molecule has 0 N–H and O–H groups in total. The highest BCUT2D eigenvalue weighted by atomic mass is 16.3. The molecular weight excluding hydrogens is 661 g/mol. The number of furan rings is 1. The molecule has 0 unspecified atom stereocenters. The molecule has 1 aliphatic heterocycles. The second kappa shape index (κ2) is 10.6. The molecule has 0 amide bonds. The van der Waals surface area contributed by atoms with Gasteiger partial charge in [-0.15, -0.1) is 0 Å². The second-order valence-corrected chi connectivity index (χ2v) is 15.0. The van der Waals surface area contributed by atoms with Crippen LogP contribution in [0.3, 0.4) is 0 Å². The number of benzene rings is 7. The normalized spacial score (nSPS) is 13.5. The first-order chi connectivity index (χ1) is 26.6. The number of rotatable bonds is 3. The molecule has 0 radical (unpaired) electrons. The summed E-state index contributed by atoms with van der Waals surface area (Å²) in [5.41, 5.74) is 13.6. The minimum atomic E-state index is -0.347. The first kappa shape index (κ1) is 29.6. The Morgan fingerprint density at radius 2 is 1.28 bits per heavy atom. The Kier molecular flexibility index (Phi) is 5.78. The van der Waals surface area contributed by atoms with E-state index in [1.165, 1.54) is 38.3 Å². The maximum Gasteiger partial charge on any atom is 0.213 e. The first-order valence-electron chi connectivity index (χ1n) is 18.5. The number of nitrogens with zero attached hydrogens (tertiary/aromatic N) is 4. The van der Waals surface area contributed by atoms with E-state index in [2.05, 4.69) is 175 Å². The van der Waals surface area contributed by atoms with Crippen molar-refractivity contribution in [2.75, 3.05) is 0 Å². The van der Waals surface area contributed by atoms with E-state index in [1.54, 1.807) is 0 Å². The lowest BCUT2D eigenvalue weighted by Gasteiger charge is -2.35. The molecule has 7 aromatic carbocycles. The van der Waals surface area contributed by atoms with Gasteiger partial charge in [-0.2, -0.15) is 0 Å². The van der Waals surface area contributed by atoms with Gasteiger partial charge >= 0.3 is 0 Å². The zero-order valence-corrected chi connectivity index (χ0v) is 29.7. The van der Waals surface area contributed by atoms with Gasteiger partial charge in [0.05, 0.1) is 38.8 Å². The van der Waals surface area contributed by atoms with E-state index < -0.39 is 0 Å². The third kappa shape index (κ3) is 3.83. The molecule has 0 saturated carbocycles. The molecule has 1 aliphatic rings. The monoisotopic (exact) mass is 692 g/mol. The van der Waals surface area contributed by atoms with Crippen LogP contribution in [-0.2, 0) is 5.41 Å². The van der Waals surface area contributed by atoms with Gasteiger partial charge in [0.2, 0.25) is 5.71 Å². The van der Waals surface area contributed by atoms with Gasteiger partial charge in [0, 0.05) is 49.2 Å². The molecule has 5 heteroatoms. The molecule has 254 valence electrons. The van der Waals surface area contributed by atoms with E-state index in [-0.39, 0.29) is 5.41 Å². The quantitative estimate of drug-likeness (QED) is 0.185. The molecule has 12 rings (SSSR count). The predicted octanol–water partition coefficient (Wildman–Crippen LogP) is 12.5. The average molecular weight is 693 g/mol. The third-order valence-electron chi connectivity index (χ3n) is 11.7. The molecule has 0 aliphatic carbocycles. The van der Waals surface area contributed by atoms with Gasteiger partial charge in [0.15, 0.2) is 5.82 Å². The lowest BCUT2D eigenvalue weighted by Crippen LogP contribution is -2.27.